The van der Waals surface area contributed by atoms with Gasteiger partial charge in [0.2, 0.25) is 12.3 Å². The van der Waals surface area contributed by atoms with Crippen LogP contribution in [0.25, 0.3) is 11.0 Å². The second-order valence-electron chi connectivity index (χ2n) is 11.4. The number of fused-ring (bicyclic) bond motifs is 1. The highest BCUT2D eigenvalue weighted by Crippen LogP contribution is 2.31. The number of nitrogens with zero attached hydrogens (tertiary/aromatic N) is 4. The van der Waals surface area contributed by atoms with Crippen molar-refractivity contribution in [3.05, 3.63) is 46.4 Å². The van der Waals surface area contributed by atoms with Crippen LogP contribution >= 0.6 is 0 Å². The Kier molecular flexibility index (Phi) is 9.73. The first-order chi connectivity index (χ1) is 19.2. The summed E-state index contributed by atoms with van der Waals surface area (Å²) in [5.41, 5.74) is 4.88. The molecule has 10 nitrogen and oxygen atoms in total. The van der Waals surface area contributed by atoms with E-state index in [0.717, 1.165) is 66.7 Å². The van der Waals surface area contributed by atoms with E-state index < -0.39 is 0 Å². The van der Waals surface area contributed by atoms with E-state index in [1.165, 1.54) is 0 Å². The van der Waals surface area contributed by atoms with Crippen LogP contribution in [0.3, 0.4) is 0 Å². The Balaban J connectivity index is 1.53. The number of piperidine rings is 2. The Bertz CT molecular complexity index is 1300. The maximum atomic E-state index is 13.5. The second kappa shape index (κ2) is 13.2. The molecule has 2 aliphatic rings. The van der Waals surface area contributed by atoms with E-state index in [4.69, 9.17) is 4.98 Å². The maximum Gasteiger partial charge on any atom is 0.252 e. The summed E-state index contributed by atoms with van der Waals surface area (Å²) in [6, 6.07) is 2.02. The minimum absolute atomic E-state index is 0.0808. The van der Waals surface area contributed by atoms with Crippen LogP contribution < -0.4 is 16.0 Å². The van der Waals surface area contributed by atoms with E-state index >= 15 is 0 Å². The highest BCUT2D eigenvalue weighted by atomic mass is 16.2. The van der Waals surface area contributed by atoms with Crippen LogP contribution in [0.2, 0.25) is 0 Å². The molecule has 2 fully saturated rings. The van der Waals surface area contributed by atoms with Gasteiger partial charge in [0.25, 0.3) is 5.91 Å². The summed E-state index contributed by atoms with van der Waals surface area (Å²) in [4.78, 5) is 44.3. The van der Waals surface area contributed by atoms with Crippen LogP contribution in [-0.4, -0.2) is 70.6 Å². The quantitative estimate of drug-likeness (QED) is 0.326. The van der Waals surface area contributed by atoms with Gasteiger partial charge in [-0.2, -0.15) is 5.10 Å². The van der Waals surface area contributed by atoms with Crippen molar-refractivity contribution < 1.29 is 14.4 Å². The molecule has 216 valence electrons. The highest BCUT2D eigenvalue weighted by molar-refractivity contribution is 6.05. The summed E-state index contributed by atoms with van der Waals surface area (Å²) in [5.74, 6) is 0.338. The van der Waals surface area contributed by atoms with Gasteiger partial charge in [-0.3, -0.25) is 14.4 Å². The Morgan fingerprint density at radius 1 is 1.18 bits per heavy atom. The SMILES string of the molecule is C/C(=C/C(C)=C(\C)CNC(=O)c1cc(C2CCN(C(=O)C3CCCNC3)CC2)nc2c1cnn2C(C)C)NC=O. The number of aromatic nitrogens is 3. The van der Waals surface area contributed by atoms with E-state index in [1.54, 1.807) is 6.20 Å². The largest absolute Gasteiger partial charge is 0.348 e. The number of hydrogen-bond donors (Lipinski definition) is 3. The van der Waals surface area contributed by atoms with Crippen molar-refractivity contribution in [2.24, 2.45) is 5.92 Å². The molecule has 0 saturated carbocycles. The summed E-state index contributed by atoms with van der Waals surface area (Å²) in [5, 5.41) is 14.3. The fourth-order valence-electron chi connectivity index (χ4n) is 5.56. The molecule has 2 saturated heterocycles. The fourth-order valence-corrected chi connectivity index (χ4v) is 5.56. The molecule has 1 atom stereocenters. The molecule has 2 aliphatic heterocycles. The topological polar surface area (TPSA) is 121 Å². The van der Waals surface area contributed by atoms with E-state index in [9.17, 15) is 14.4 Å². The average molecular weight is 550 g/mol. The molecule has 0 radical (unpaired) electrons. The Labute approximate surface area is 236 Å². The molecule has 0 aliphatic carbocycles. The van der Waals surface area contributed by atoms with Crippen LogP contribution in [0.5, 0.6) is 0 Å². The lowest BCUT2D eigenvalue weighted by atomic mass is 9.90. The zero-order valence-electron chi connectivity index (χ0n) is 24.4. The van der Waals surface area contributed by atoms with Crippen molar-refractivity contribution in [2.45, 2.75) is 72.3 Å². The van der Waals surface area contributed by atoms with Crippen LogP contribution in [0, 0.1) is 5.92 Å². The molecular weight excluding hydrogens is 506 g/mol. The second-order valence-corrected chi connectivity index (χ2v) is 11.4. The minimum Gasteiger partial charge on any atom is -0.348 e. The number of carbonyl (C=O) groups is 3. The number of pyridine rings is 1. The van der Waals surface area contributed by atoms with Gasteiger partial charge in [0.05, 0.1) is 23.1 Å². The number of likely N-dealkylation sites (tertiary alicyclic amines) is 1. The highest BCUT2D eigenvalue weighted by Gasteiger charge is 2.31. The van der Waals surface area contributed by atoms with Crippen LogP contribution in [-0.2, 0) is 9.59 Å². The molecule has 2 aromatic heterocycles. The van der Waals surface area contributed by atoms with E-state index in [2.05, 4.69) is 34.9 Å². The summed E-state index contributed by atoms with van der Waals surface area (Å²) in [6.45, 7) is 13.4. The van der Waals surface area contributed by atoms with Gasteiger partial charge in [-0.05, 0) is 84.6 Å². The van der Waals surface area contributed by atoms with E-state index in [1.807, 2.05) is 42.5 Å². The zero-order chi connectivity index (χ0) is 28.8. The van der Waals surface area contributed by atoms with E-state index in [0.29, 0.717) is 37.3 Å². The summed E-state index contributed by atoms with van der Waals surface area (Å²) in [6.07, 6.45) is 7.91. The average Bonchev–Trinajstić information content (AvgIpc) is 3.40. The Morgan fingerprint density at radius 2 is 1.93 bits per heavy atom. The van der Waals surface area contributed by atoms with Gasteiger partial charge >= 0.3 is 0 Å². The number of amides is 3. The van der Waals surface area contributed by atoms with Crippen molar-refractivity contribution >= 4 is 29.3 Å². The third kappa shape index (κ3) is 6.78. The number of carbonyl (C=O) groups excluding carboxylic acids is 3. The third-order valence-corrected chi connectivity index (χ3v) is 8.10. The molecule has 0 bridgehead atoms. The first-order valence-electron chi connectivity index (χ1n) is 14.4. The maximum absolute atomic E-state index is 13.5. The van der Waals surface area contributed by atoms with Gasteiger partial charge in [0.15, 0.2) is 5.65 Å². The molecule has 40 heavy (non-hydrogen) atoms. The van der Waals surface area contributed by atoms with Gasteiger partial charge in [-0.25, -0.2) is 9.67 Å². The summed E-state index contributed by atoms with van der Waals surface area (Å²) >= 11 is 0. The molecule has 3 amide bonds. The minimum atomic E-state index is -0.173. The number of nitrogens with one attached hydrogen (secondary N) is 3. The van der Waals surface area contributed by atoms with Gasteiger partial charge in [-0.15, -0.1) is 0 Å². The van der Waals surface area contributed by atoms with E-state index in [-0.39, 0.29) is 29.7 Å². The standard InChI is InChI=1S/C30H43N7O3/c1-19(2)37-28-26(17-34-37)25(29(39)32-15-21(4)20(3)13-22(5)33-18-38)14-27(35-28)23-8-11-36(12-9-23)30(40)24-7-6-10-31-16-24/h13-14,17-19,23-24,31H,6-12,15-16H2,1-5H3,(H,32,39)(H,33,38)/b21-20+,22-13-. The Hall–Kier alpha value is -3.53. The van der Waals surface area contributed by atoms with Crippen LogP contribution in [0.1, 0.15) is 88.3 Å². The number of rotatable bonds is 9. The predicted molar refractivity (Wildman–Crippen MR) is 156 cm³/mol. The van der Waals surface area contributed by atoms with Crippen molar-refractivity contribution in [1.82, 2.24) is 35.6 Å². The van der Waals surface area contributed by atoms with Crippen LogP contribution in [0.15, 0.2) is 35.2 Å². The normalized spacial score (nSPS) is 19.5. The number of hydrogen-bond acceptors (Lipinski definition) is 6. The van der Waals surface area contributed by atoms with Gasteiger partial charge < -0.3 is 20.9 Å². The zero-order valence-corrected chi connectivity index (χ0v) is 24.4. The molecule has 10 heteroatoms. The Morgan fingerprint density at radius 3 is 2.58 bits per heavy atom. The van der Waals surface area contributed by atoms with Crippen molar-refractivity contribution in [3.8, 4) is 0 Å². The molecule has 3 N–H and O–H groups in total. The molecule has 0 spiro atoms. The predicted octanol–water partition coefficient (Wildman–Crippen LogP) is 3.43. The smallest absolute Gasteiger partial charge is 0.252 e. The summed E-state index contributed by atoms with van der Waals surface area (Å²) in [7, 11) is 0. The molecule has 4 rings (SSSR count). The number of allylic oxidation sites excluding steroid dienone is 3. The first kappa shape index (κ1) is 29.5. The van der Waals surface area contributed by atoms with Crippen LogP contribution in [0.4, 0.5) is 0 Å². The van der Waals surface area contributed by atoms with Gasteiger partial charge in [-0.1, -0.05) is 5.57 Å². The van der Waals surface area contributed by atoms with Gasteiger partial charge in [0.1, 0.15) is 0 Å². The monoisotopic (exact) mass is 549 g/mol. The summed E-state index contributed by atoms with van der Waals surface area (Å²) < 4.78 is 1.87. The fraction of sp³-hybridized carbons (Fsp3) is 0.567. The first-order valence-corrected chi connectivity index (χ1v) is 14.4. The lowest BCUT2D eigenvalue weighted by molar-refractivity contribution is -0.137. The van der Waals surface area contributed by atoms with Crippen molar-refractivity contribution in [3.63, 3.8) is 0 Å². The molecule has 4 heterocycles. The van der Waals surface area contributed by atoms with Gasteiger partial charge in [0, 0.05) is 49.5 Å². The lowest BCUT2D eigenvalue weighted by Crippen LogP contribution is -2.45. The molecule has 2 aromatic rings. The third-order valence-electron chi connectivity index (χ3n) is 8.10. The molecule has 0 aromatic carbocycles. The van der Waals surface area contributed by atoms with Crippen molar-refractivity contribution in [1.29, 1.82) is 0 Å². The lowest BCUT2D eigenvalue weighted by Gasteiger charge is -2.35. The van der Waals surface area contributed by atoms with Crippen molar-refractivity contribution in [2.75, 3.05) is 32.7 Å². The molecular formula is C30H43N7O3. The molecule has 1 unspecified atom stereocenters.